The van der Waals surface area contributed by atoms with E-state index in [2.05, 4.69) is 5.32 Å². The first-order chi connectivity index (χ1) is 5.31. The number of amides is 1. The maximum absolute atomic E-state index is 10.8. The highest BCUT2D eigenvalue weighted by Gasteiger charge is 1.96. The fraction of sp³-hybridized carbons (Fsp3) is 0.875. The fourth-order valence-corrected chi connectivity index (χ4v) is 0.722. The summed E-state index contributed by atoms with van der Waals surface area (Å²) in [5, 5.41) is 2.75. The fourth-order valence-electron chi connectivity index (χ4n) is 0.722. The second kappa shape index (κ2) is 7.54. The predicted molar refractivity (Wildman–Crippen MR) is 44.4 cm³/mol. The van der Waals surface area contributed by atoms with Gasteiger partial charge in [-0.05, 0) is 13.3 Å². The van der Waals surface area contributed by atoms with E-state index < -0.39 is 0 Å². The Kier molecular flexibility index (Phi) is 7.15. The first-order valence-corrected chi connectivity index (χ1v) is 4.15. The Morgan fingerprint density at radius 3 is 2.73 bits per heavy atom. The summed E-state index contributed by atoms with van der Waals surface area (Å²) in [6, 6.07) is 0. The quantitative estimate of drug-likeness (QED) is 0.586. The summed E-state index contributed by atoms with van der Waals surface area (Å²) in [6.45, 7) is 5.89. The molecule has 0 spiro atoms. The van der Waals surface area contributed by atoms with Crippen LogP contribution in [-0.4, -0.2) is 25.7 Å². The van der Waals surface area contributed by atoms with Crippen molar-refractivity contribution in [3.63, 3.8) is 0 Å². The number of hydrogen-bond donors (Lipinski definition) is 1. The second-order valence-corrected chi connectivity index (χ2v) is 2.30. The van der Waals surface area contributed by atoms with Gasteiger partial charge in [-0.15, -0.1) is 0 Å². The summed E-state index contributed by atoms with van der Waals surface area (Å²) in [6.07, 6.45) is 1.52. The molecule has 0 saturated carbocycles. The Bertz CT molecular complexity index is 104. The van der Waals surface area contributed by atoms with Crippen molar-refractivity contribution in [1.29, 1.82) is 0 Å². The van der Waals surface area contributed by atoms with Crippen LogP contribution in [0.4, 0.5) is 0 Å². The summed E-state index contributed by atoms with van der Waals surface area (Å²) >= 11 is 0. The van der Waals surface area contributed by atoms with Crippen LogP contribution >= 0.6 is 0 Å². The molecule has 0 rings (SSSR count). The number of nitrogens with one attached hydrogen (secondary N) is 1. The van der Waals surface area contributed by atoms with E-state index in [1.54, 1.807) is 0 Å². The average molecular weight is 159 g/mol. The van der Waals surface area contributed by atoms with Gasteiger partial charge in [0.25, 0.3) is 0 Å². The largest absolute Gasteiger partial charge is 0.380 e. The van der Waals surface area contributed by atoms with E-state index in [4.69, 9.17) is 4.74 Å². The van der Waals surface area contributed by atoms with Gasteiger partial charge >= 0.3 is 0 Å². The lowest BCUT2D eigenvalue weighted by molar-refractivity contribution is -0.121. The molecule has 0 aromatic carbocycles. The summed E-state index contributed by atoms with van der Waals surface area (Å²) in [5.74, 6) is 0.118. The minimum atomic E-state index is 0.118. The number of carbonyl (C=O) groups is 1. The van der Waals surface area contributed by atoms with E-state index in [1.807, 2.05) is 13.8 Å². The van der Waals surface area contributed by atoms with Crippen LogP contribution in [0.15, 0.2) is 0 Å². The summed E-state index contributed by atoms with van der Waals surface area (Å²) < 4.78 is 5.05. The molecule has 3 nitrogen and oxygen atoms in total. The van der Waals surface area contributed by atoms with Crippen molar-refractivity contribution in [1.82, 2.24) is 5.32 Å². The number of ether oxygens (including phenoxy) is 1. The van der Waals surface area contributed by atoms with Crippen LogP contribution in [0.1, 0.15) is 26.7 Å². The zero-order valence-electron chi connectivity index (χ0n) is 7.35. The third-order valence-corrected chi connectivity index (χ3v) is 1.25. The van der Waals surface area contributed by atoms with E-state index in [-0.39, 0.29) is 5.91 Å². The van der Waals surface area contributed by atoms with Crippen molar-refractivity contribution in [3.8, 4) is 0 Å². The van der Waals surface area contributed by atoms with E-state index in [0.29, 0.717) is 26.2 Å². The molecule has 0 heterocycles. The van der Waals surface area contributed by atoms with Gasteiger partial charge in [-0.1, -0.05) is 6.92 Å². The molecule has 0 aromatic rings. The third-order valence-electron chi connectivity index (χ3n) is 1.25. The highest BCUT2D eigenvalue weighted by atomic mass is 16.5. The predicted octanol–water partition coefficient (Wildman–Crippen LogP) is 0.939. The molecular formula is C8H17NO2. The van der Waals surface area contributed by atoms with Gasteiger partial charge in [0.15, 0.2) is 0 Å². The van der Waals surface area contributed by atoms with Crippen molar-refractivity contribution >= 4 is 5.91 Å². The second-order valence-electron chi connectivity index (χ2n) is 2.30. The lowest BCUT2D eigenvalue weighted by atomic mass is 10.3. The van der Waals surface area contributed by atoms with E-state index in [1.165, 1.54) is 0 Å². The summed E-state index contributed by atoms with van der Waals surface area (Å²) in [7, 11) is 0. The van der Waals surface area contributed by atoms with Gasteiger partial charge in [0.05, 0.1) is 6.61 Å². The zero-order chi connectivity index (χ0) is 8.53. The van der Waals surface area contributed by atoms with Crippen LogP contribution in [0.2, 0.25) is 0 Å². The van der Waals surface area contributed by atoms with Crippen LogP contribution in [-0.2, 0) is 9.53 Å². The molecule has 0 aromatic heterocycles. The van der Waals surface area contributed by atoms with Gasteiger partial charge < -0.3 is 10.1 Å². The monoisotopic (exact) mass is 159 g/mol. The average Bonchev–Trinajstić information content (AvgIpc) is 1.99. The molecule has 0 saturated heterocycles. The van der Waals surface area contributed by atoms with Crippen LogP contribution in [0, 0.1) is 0 Å². The van der Waals surface area contributed by atoms with Gasteiger partial charge in [-0.2, -0.15) is 0 Å². The van der Waals surface area contributed by atoms with Gasteiger partial charge in [-0.3, -0.25) is 4.79 Å². The lowest BCUT2D eigenvalue weighted by Gasteiger charge is -2.03. The molecule has 0 aliphatic carbocycles. The highest BCUT2D eigenvalue weighted by molar-refractivity contribution is 5.75. The lowest BCUT2D eigenvalue weighted by Crippen LogP contribution is -2.26. The first kappa shape index (κ1) is 10.4. The molecule has 1 N–H and O–H groups in total. The zero-order valence-corrected chi connectivity index (χ0v) is 7.35. The molecule has 0 radical (unpaired) electrons. The smallest absolute Gasteiger partial charge is 0.220 e. The van der Waals surface area contributed by atoms with Crippen molar-refractivity contribution < 1.29 is 9.53 Å². The van der Waals surface area contributed by atoms with Crippen molar-refractivity contribution in [2.75, 3.05) is 19.8 Å². The van der Waals surface area contributed by atoms with Gasteiger partial charge in [0.1, 0.15) is 0 Å². The summed E-state index contributed by atoms with van der Waals surface area (Å²) in [5.41, 5.74) is 0. The van der Waals surface area contributed by atoms with Crippen LogP contribution in [0.5, 0.6) is 0 Å². The van der Waals surface area contributed by atoms with Crippen molar-refractivity contribution in [3.05, 3.63) is 0 Å². The Labute approximate surface area is 68.1 Å². The van der Waals surface area contributed by atoms with E-state index in [0.717, 1.165) is 6.42 Å². The minimum absolute atomic E-state index is 0.118. The molecular weight excluding hydrogens is 142 g/mol. The van der Waals surface area contributed by atoms with E-state index >= 15 is 0 Å². The normalized spacial score (nSPS) is 9.64. The Hall–Kier alpha value is -0.570. The molecule has 1 amide bonds. The van der Waals surface area contributed by atoms with Crippen molar-refractivity contribution in [2.24, 2.45) is 0 Å². The third kappa shape index (κ3) is 7.33. The molecule has 0 unspecified atom stereocenters. The molecule has 0 aliphatic heterocycles. The molecule has 66 valence electrons. The van der Waals surface area contributed by atoms with Gasteiger partial charge in [0, 0.05) is 19.6 Å². The standard InChI is InChI=1S/C8H17NO2/c1-3-5-8(10)9-6-7-11-4-2/h3-7H2,1-2H3,(H,9,10). The molecule has 0 atom stereocenters. The highest BCUT2D eigenvalue weighted by Crippen LogP contribution is 1.84. The minimum Gasteiger partial charge on any atom is -0.380 e. The SMILES string of the molecule is CCCC(=O)NCCOCC. The van der Waals surface area contributed by atoms with Crippen LogP contribution in [0.3, 0.4) is 0 Å². The van der Waals surface area contributed by atoms with E-state index in [9.17, 15) is 4.79 Å². The number of carbonyl (C=O) groups excluding carboxylic acids is 1. The Morgan fingerprint density at radius 1 is 1.45 bits per heavy atom. The van der Waals surface area contributed by atoms with Crippen molar-refractivity contribution in [2.45, 2.75) is 26.7 Å². The number of rotatable bonds is 6. The van der Waals surface area contributed by atoms with Crippen LogP contribution < -0.4 is 5.32 Å². The first-order valence-electron chi connectivity index (χ1n) is 4.15. The Morgan fingerprint density at radius 2 is 2.18 bits per heavy atom. The maximum atomic E-state index is 10.8. The van der Waals surface area contributed by atoms with Crippen LogP contribution in [0.25, 0.3) is 0 Å². The summed E-state index contributed by atoms with van der Waals surface area (Å²) in [4.78, 5) is 10.8. The Balaban J connectivity index is 3.04. The van der Waals surface area contributed by atoms with Gasteiger partial charge in [0.2, 0.25) is 5.91 Å². The van der Waals surface area contributed by atoms with Gasteiger partial charge in [-0.25, -0.2) is 0 Å². The number of hydrogen-bond acceptors (Lipinski definition) is 2. The molecule has 0 bridgehead atoms. The molecule has 3 heteroatoms. The molecule has 0 fully saturated rings. The molecule has 11 heavy (non-hydrogen) atoms. The topological polar surface area (TPSA) is 38.3 Å². The molecule has 0 aliphatic rings. The maximum Gasteiger partial charge on any atom is 0.220 e.